The first-order valence-electron chi connectivity index (χ1n) is 5.55. The number of aryl methyl sites for hydroxylation is 2. The van der Waals surface area contributed by atoms with Crippen LogP contribution in [-0.4, -0.2) is 28.4 Å². The molecule has 17 heavy (non-hydrogen) atoms. The molecule has 1 unspecified atom stereocenters. The van der Waals surface area contributed by atoms with Gasteiger partial charge >= 0.3 is 0 Å². The molecule has 1 atom stereocenters. The Balaban J connectivity index is 2.61. The summed E-state index contributed by atoms with van der Waals surface area (Å²) >= 11 is 5.26. The van der Waals surface area contributed by atoms with Crippen LogP contribution in [0.25, 0.3) is 10.2 Å². The number of aromatic nitrogens is 2. The molecule has 5 heteroatoms. The van der Waals surface area contributed by atoms with Crippen LogP contribution in [0.2, 0.25) is 0 Å². The Bertz CT molecular complexity index is 538. The molecular formula is C12H16BrN3S. The van der Waals surface area contributed by atoms with Gasteiger partial charge in [0.2, 0.25) is 0 Å². The number of hydrogen-bond donors (Lipinski definition) is 0. The Kier molecular flexibility index (Phi) is 3.68. The van der Waals surface area contributed by atoms with Gasteiger partial charge < -0.3 is 4.90 Å². The Labute approximate surface area is 114 Å². The lowest BCUT2D eigenvalue weighted by Crippen LogP contribution is -2.30. The molecular weight excluding hydrogens is 298 g/mol. The number of anilines is 1. The molecule has 2 aromatic heterocycles. The third-order valence-corrected chi connectivity index (χ3v) is 5.22. The summed E-state index contributed by atoms with van der Waals surface area (Å²) in [4.78, 5) is 13.4. The van der Waals surface area contributed by atoms with E-state index in [1.54, 1.807) is 17.7 Å². The molecule has 2 rings (SSSR count). The molecule has 0 spiro atoms. The maximum atomic E-state index is 4.45. The minimum atomic E-state index is 0.410. The molecule has 0 aromatic carbocycles. The highest BCUT2D eigenvalue weighted by molar-refractivity contribution is 9.09. The van der Waals surface area contributed by atoms with E-state index in [2.05, 4.69) is 58.6 Å². The SMILES string of the molecule is Cc1sc2ncnc(N(C)C(C)CBr)c2c1C. The van der Waals surface area contributed by atoms with Crippen molar-refractivity contribution in [1.29, 1.82) is 0 Å². The standard InChI is InChI=1S/C12H16BrN3S/c1-7(5-13)16(4)11-10-8(2)9(3)17-12(10)15-6-14-11/h6-7H,5H2,1-4H3. The predicted molar refractivity (Wildman–Crippen MR) is 78.5 cm³/mol. The fourth-order valence-corrected chi connectivity index (χ4v) is 3.17. The van der Waals surface area contributed by atoms with Crippen LogP contribution >= 0.6 is 27.3 Å². The van der Waals surface area contributed by atoms with Crippen LogP contribution in [0.3, 0.4) is 0 Å². The average Bonchev–Trinajstić information content (AvgIpc) is 2.63. The van der Waals surface area contributed by atoms with E-state index in [-0.39, 0.29) is 0 Å². The van der Waals surface area contributed by atoms with Crippen molar-refractivity contribution in [2.45, 2.75) is 26.8 Å². The minimum absolute atomic E-state index is 0.410. The zero-order valence-electron chi connectivity index (χ0n) is 10.5. The number of fused-ring (bicyclic) bond motifs is 1. The molecule has 0 aliphatic heterocycles. The van der Waals surface area contributed by atoms with Gasteiger partial charge in [-0.25, -0.2) is 9.97 Å². The quantitative estimate of drug-likeness (QED) is 0.812. The van der Waals surface area contributed by atoms with Crippen LogP contribution in [-0.2, 0) is 0 Å². The van der Waals surface area contributed by atoms with Gasteiger partial charge in [-0.2, -0.15) is 0 Å². The number of hydrogen-bond acceptors (Lipinski definition) is 4. The van der Waals surface area contributed by atoms with Crippen LogP contribution in [0.4, 0.5) is 5.82 Å². The van der Waals surface area contributed by atoms with Gasteiger partial charge in [-0.1, -0.05) is 15.9 Å². The van der Waals surface area contributed by atoms with E-state index >= 15 is 0 Å². The van der Waals surface area contributed by atoms with Gasteiger partial charge in [0.1, 0.15) is 17.0 Å². The van der Waals surface area contributed by atoms with Crippen molar-refractivity contribution < 1.29 is 0 Å². The summed E-state index contributed by atoms with van der Waals surface area (Å²) in [5.74, 6) is 1.03. The summed E-state index contributed by atoms with van der Waals surface area (Å²) in [5.41, 5.74) is 1.30. The second kappa shape index (κ2) is 4.90. The first kappa shape index (κ1) is 12.8. The van der Waals surface area contributed by atoms with E-state index < -0.39 is 0 Å². The third-order valence-electron chi connectivity index (χ3n) is 3.16. The number of thiophene rings is 1. The van der Waals surface area contributed by atoms with Gasteiger partial charge in [-0.3, -0.25) is 0 Å². The molecule has 0 saturated carbocycles. The Morgan fingerprint density at radius 1 is 1.41 bits per heavy atom. The van der Waals surface area contributed by atoms with Gasteiger partial charge in [0.05, 0.1) is 5.39 Å². The van der Waals surface area contributed by atoms with E-state index in [0.29, 0.717) is 6.04 Å². The summed E-state index contributed by atoms with van der Waals surface area (Å²) < 4.78 is 0. The molecule has 0 bridgehead atoms. The highest BCUT2D eigenvalue weighted by atomic mass is 79.9. The van der Waals surface area contributed by atoms with Crippen LogP contribution in [0, 0.1) is 13.8 Å². The van der Waals surface area contributed by atoms with Crippen molar-refractivity contribution in [3.05, 3.63) is 16.8 Å². The van der Waals surface area contributed by atoms with Crippen molar-refractivity contribution in [3.8, 4) is 0 Å². The zero-order chi connectivity index (χ0) is 12.6. The zero-order valence-corrected chi connectivity index (χ0v) is 12.9. The molecule has 3 nitrogen and oxygen atoms in total. The van der Waals surface area contributed by atoms with Crippen LogP contribution in [0.15, 0.2) is 6.33 Å². The second-order valence-corrected chi connectivity index (χ2v) is 6.13. The van der Waals surface area contributed by atoms with E-state index in [1.807, 2.05) is 0 Å². The lowest BCUT2D eigenvalue weighted by atomic mass is 10.2. The van der Waals surface area contributed by atoms with Crippen LogP contribution in [0.5, 0.6) is 0 Å². The number of alkyl halides is 1. The molecule has 2 heterocycles. The highest BCUT2D eigenvalue weighted by Crippen LogP contribution is 2.34. The van der Waals surface area contributed by atoms with Crippen LogP contribution < -0.4 is 4.90 Å². The molecule has 0 radical (unpaired) electrons. The molecule has 0 aliphatic rings. The molecule has 0 amide bonds. The largest absolute Gasteiger partial charge is 0.355 e. The summed E-state index contributed by atoms with van der Waals surface area (Å²) in [7, 11) is 2.08. The normalized spacial score (nSPS) is 13.0. The van der Waals surface area contributed by atoms with Crippen molar-refractivity contribution in [2.24, 2.45) is 0 Å². The summed E-state index contributed by atoms with van der Waals surface area (Å²) in [6.07, 6.45) is 1.66. The number of rotatable bonds is 3. The lowest BCUT2D eigenvalue weighted by molar-refractivity contribution is 0.759. The minimum Gasteiger partial charge on any atom is -0.355 e. The summed E-state index contributed by atoms with van der Waals surface area (Å²) in [5, 5.41) is 2.13. The van der Waals surface area contributed by atoms with Crippen molar-refractivity contribution >= 4 is 43.3 Å². The monoisotopic (exact) mass is 313 g/mol. The molecule has 0 aliphatic carbocycles. The van der Waals surface area contributed by atoms with Crippen LogP contribution in [0.1, 0.15) is 17.4 Å². The lowest BCUT2D eigenvalue weighted by Gasteiger charge is -2.24. The van der Waals surface area contributed by atoms with Gasteiger partial charge in [-0.15, -0.1) is 11.3 Å². The molecule has 0 N–H and O–H groups in total. The topological polar surface area (TPSA) is 29.0 Å². The average molecular weight is 314 g/mol. The van der Waals surface area contributed by atoms with Crippen molar-refractivity contribution in [1.82, 2.24) is 9.97 Å². The Hall–Kier alpha value is -0.680. The van der Waals surface area contributed by atoms with E-state index in [1.165, 1.54) is 15.8 Å². The fourth-order valence-electron chi connectivity index (χ4n) is 1.74. The second-order valence-electron chi connectivity index (χ2n) is 4.27. The highest BCUT2D eigenvalue weighted by Gasteiger charge is 2.17. The maximum absolute atomic E-state index is 4.45. The third kappa shape index (κ3) is 2.18. The fraction of sp³-hybridized carbons (Fsp3) is 0.500. The smallest absolute Gasteiger partial charge is 0.141 e. The van der Waals surface area contributed by atoms with E-state index in [9.17, 15) is 0 Å². The molecule has 92 valence electrons. The summed E-state index contributed by atoms with van der Waals surface area (Å²) in [6.45, 7) is 6.46. The van der Waals surface area contributed by atoms with E-state index in [4.69, 9.17) is 0 Å². The van der Waals surface area contributed by atoms with Gasteiger partial charge in [0.25, 0.3) is 0 Å². The first-order chi connectivity index (χ1) is 8.06. The Morgan fingerprint density at radius 2 is 2.12 bits per heavy atom. The molecule has 2 aromatic rings. The first-order valence-corrected chi connectivity index (χ1v) is 7.49. The van der Waals surface area contributed by atoms with Gasteiger partial charge in [0, 0.05) is 23.3 Å². The molecule has 0 fully saturated rings. The van der Waals surface area contributed by atoms with E-state index in [0.717, 1.165) is 16.0 Å². The number of nitrogens with zero attached hydrogens (tertiary/aromatic N) is 3. The Morgan fingerprint density at radius 3 is 2.76 bits per heavy atom. The van der Waals surface area contributed by atoms with Crippen molar-refractivity contribution in [2.75, 3.05) is 17.3 Å². The van der Waals surface area contributed by atoms with Crippen molar-refractivity contribution in [3.63, 3.8) is 0 Å². The van der Waals surface area contributed by atoms with Gasteiger partial charge in [-0.05, 0) is 26.3 Å². The van der Waals surface area contributed by atoms with Gasteiger partial charge in [0.15, 0.2) is 0 Å². The predicted octanol–water partition coefficient (Wildman–Crippen LogP) is 3.53. The molecule has 0 saturated heterocycles. The maximum Gasteiger partial charge on any atom is 0.141 e. The summed E-state index contributed by atoms with van der Waals surface area (Å²) in [6, 6.07) is 0.410. The number of halogens is 1.